The fourth-order valence-electron chi connectivity index (χ4n) is 5.13. The lowest BCUT2D eigenvalue weighted by Gasteiger charge is -2.30. The highest BCUT2D eigenvalue weighted by Crippen LogP contribution is 2.45. The molecule has 1 atom stereocenters. The number of nitrogens with one attached hydrogen (secondary N) is 1. The van der Waals surface area contributed by atoms with E-state index in [1.165, 1.54) is 33.5 Å². The van der Waals surface area contributed by atoms with Crippen LogP contribution in [0, 0.1) is 6.92 Å². The Balaban J connectivity index is 2.07. The maximum Gasteiger partial charge on any atom is 0.123 e. The lowest BCUT2D eigenvalue weighted by Crippen LogP contribution is -2.19. The number of aromatic nitrogens is 1. The van der Waals surface area contributed by atoms with Gasteiger partial charge in [0.05, 0.1) is 0 Å². The molecule has 1 heterocycles. The molecule has 0 radical (unpaired) electrons. The first kappa shape index (κ1) is 24.9. The molecular weight excluding hydrogens is 428 g/mol. The molecule has 2 N–H and O–H groups in total. The summed E-state index contributed by atoms with van der Waals surface area (Å²) in [6.45, 7) is 15.2. The van der Waals surface area contributed by atoms with Crippen molar-refractivity contribution in [3.8, 4) is 5.75 Å². The van der Waals surface area contributed by atoms with Gasteiger partial charge in [-0.05, 0) is 63.8 Å². The Morgan fingerprint density at radius 3 is 1.83 bits per heavy atom. The normalized spacial score (nSPS) is 13.3. The van der Waals surface area contributed by atoms with Crippen molar-refractivity contribution in [2.45, 2.75) is 65.2 Å². The van der Waals surface area contributed by atoms with Gasteiger partial charge in [-0.25, -0.2) is 0 Å². The van der Waals surface area contributed by atoms with Crippen molar-refractivity contribution in [1.82, 2.24) is 4.98 Å². The molecule has 3 aromatic carbocycles. The fraction of sp³-hybridized carbons (Fsp3) is 0.375. The topological polar surface area (TPSA) is 39.3 Å². The molecule has 0 saturated heterocycles. The summed E-state index contributed by atoms with van der Waals surface area (Å²) >= 11 is 0. The second-order valence-corrected chi connectivity index (χ2v) is 12.1. The van der Waals surface area contributed by atoms with Gasteiger partial charge >= 0.3 is 0 Å². The number of hydrogen-bond donors (Lipinski definition) is 2. The van der Waals surface area contributed by atoms with E-state index in [2.05, 4.69) is 133 Å². The Hall–Kier alpha value is -3.20. The second-order valence-electron chi connectivity index (χ2n) is 12.1. The van der Waals surface area contributed by atoms with Gasteiger partial charge < -0.3 is 15.0 Å². The highest BCUT2D eigenvalue weighted by Gasteiger charge is 2.30. The van der Waals surface area contributed by atoms with Crippen LogP contribution in [0.25, 0.3) is 10.9 Å². The van der Waals surface area contributed by atoms with Crippen molar-refractivity contribution in [2.75, 3.05) is 19.0 Å². The van der Waals surface area contributed by atoms with Crippen LogP contribution in [0.5, 0.6) is 5.75 Å². The average molecular weight is 469 g/mol. The first-order chi connectivity index (χ1) is 16.3. The van der Waals surface area contributed by atoms with Crippen LogP contribution in [-0.2, 0) is 10.8 Å². The monoisotopic (exact) mass is 468 g/mol. The molecule has 184 valence electrons. The number of aromatic amines is 1. The molecule has 0 spiro atoms. The molecule has 1 aromatic heterocycles. The molecule has 3 nitrogen and oxygen atoms in total. The number of nitrogens with zero attached hydrogens (tertiary/aromatic N) is 1. The van der Waals surface area contributed by atoms with Gasteiger partial charge in [0.25, 0.3) is 0 Å². The van der Waals surface area contributed by atoms with Crippen LogP contribution >= 0.6 is 0 Å². The summed E-state index contributed by atoms with van der Waals surface area (Å²) < 4.78 is 0. The molecule has 0 bridgehead atoms. The Morgan fingerprint density at radius 2 is 1.31 bits per heavy atom. The maximum atomic E-state index is 11.4. The lowest BCUT2D eigenvalue weighted by molar-refractivity contribution is 0.422. The molecule has 35 heavy (non-hydrogen) atoms. The largest absolute Gasteiger partial charge is 0.507 e. The summed E-state index contributed by atoms with van der Waals surface area (Å²) in [5.41, 5.74) is 8.87. The number of aromatic hydroxyl groups is 1. The summed E-state index contributed by atoms with van der Waals surface area (Å²) in [7, 11) is 4.14. The molecule has 3 heteroatoms. The number of aryl methyl sites for hydroxylation is 1. The molecule has 0 saturated carbocycles. The van der Waals surface area contributed by atoms with Gasteiger partial charge in [0.15, 0.2) is 0 Å². The molecule has 4 aromatic rings. The van der Waals surface area contributed by atoms with E-state index in [0.717, 1.165) is 16.6 Å². The molecule has 0 fully saturated rings. The number of para-hydroxylation sites is 1. The SMILES string of the molecule is Cc1[nH]c2ccccc2c1C(c1ccc(N(C)C)cc1)c1cc(C(C)(C)C)c(O)c(C(C)(C)C)c1. The van der Waals surface area contributed by atoms with E-state index in [4.69, 9.17) is 0 Å². The van der Waals surface area contributed by atoms with E-state index in [9.17, 15) is 5.11 Å². The first-order valence-corrected chi connectivity index (χ1v) is 12.5. The summed E-state index contributed by atoms with van der Waals surface area (Å²) in [6.07, 6.45) is 0. The van der Waals surface area contributed by atoms with Crippen molar-refractivity contribution in [2.24, 2.45) is 0 Å². The number of anilines is 1. The third-order valence-corrected chi connectivity index (χ3v) is 7.06. The van der Waals surface area contributed by atoms with Gasteiger partial charge in [-0.1, -0.05) is 84.0 Å². The zero-order valence-corrected chi connectivity index (χ0v) is 22.7. The van der Waals surface area contributed by atoms with Crippen molar-refractivity contribution in [3.05, 3.63) is 94.2 Å². The predicted molar refractivity (Wildman–Crippen MR) is 150 cm³/mol. The van der Waals surface area contributed by atoms with Crippen LogP contribution < -0.4 is 4.90 Å². The molecule has 0 aliphatic rings. The second kappa shape index (κ2) is 8.78. The van der Waals surface area contributed by atoms with Gasteiger partial charge in [0, 0.05) is 42.3 Å². The third kappa shape index (κ3) is 4.69. The molecule has 0 aliphatic heterocycles. The minimum atomic E-state index is -0.186. The van der Waals surface area contributed by atoms with Crippen molar-refractivity contribution in [3.63, 3.8) is 0 Å². The third-order valence-electron chi connectivity index (χ3n) is 7.06. The number of hydrogen-bond acceptors (Lipinski definition) is 2. The van der Waals surface area contributed by atoms with Gasteiger partial charge in [-0.15, -0.1) is 0 Å². The van der Waals surface area contributed by atoms with E-state index in [1.807, 2.05) is 0 Å². The Labute approximate surface area is 210 Å². The van der Waals surface area contributed by atoms with E-state index < -0.39 is 0 Å². The molecule has 0 amide bonds. The van der Waals surface area contributed by atoms with Crippen LogP contribution in [0.4, 0.5) is 5.69 Å². The molecular formula is C32H40N2O. The summed E-state index contributed by atoms with van der Waals surface area (Å²) in [5.74, 6) is 0.455. The quantitative estimate of drug-likeness (QED) is 0.318. The zero-order chi connectivity index (χ0) is 25.7. The highest BCUT2D eigenvalue weighted by atomic mass is 16.3. The van der Waals surface area contributed by atoms with E-state index in [-0.39, 0.29) is 16.7 Å². The van der Waals surface area contributed by atoms with E-state index in [0.29, 0.717) is 5.75 Å². The minimum Gasteiger partial charge on any atom is -0.507 e. The van der Waals surface area contributed by atoms with Crippen LogP contribution in [0.3, 0.4) is 0 Å². The maximum absolute atomic E-state index is 11.4. The molecule has 4 rings (SSSR count). The van der Waals surface area contributed by atoms with E-state index >= 15 is 0 Å². The smallest absolute Gasteiger partial charge is 0.123 e. The average Bonchev–Trinajstić information content (AvgIpc) is 3.09. The molecule has 0 aliphatic carbocycles. The van der Waals surface area contributed by atoms with Crippen LogP contribution in [-0.4, -0.2) is 24.2 Å². The van der Waals surface area contributed by atoms with Crippen LogP contribution in [0.15, 0.2) is 60.7 Å². The van der Waals surface area contributed by atoms with Crippen molar-refractivity contribution >= 4 is 16.6 Å². The van der Waals surface area contributed by atoms with E-state index in [1.54, 1.807) is 0 Å². The number of H-pyrrole nitrogens is 1. The van der Waals surface area contributed by atoms with Crippen molar-refractivity contribution < 1.29 is 5.11 Å². The Kier molecular flexibility index (Phi) is 6.25. The summed E-state index contributed by atoms with van der Waals surface area (Å²) in [6, 6.07) is 21.9. The summed E-state index contributed by atoms with van der Waals surface area (Å²) in [4.78, 5) is 5.75. The Bertz CT molecular complexity index is 1310. The first-order valence-electron chi connectivity index (χ1n) is 12.5. The van der Waals surface area contributed by atoms with Gasteiger partial charge in [0.1, 0.15) is 5.75 Å². The lowest BCUT2D eigenvalue weighted by atomic mass is 9.75. The van der Waals surface area contributed by atoms with Gasteiger partial charge in [0.2, 0.25) is 0 Å². The zero-order valence-electron chi connectivity index (χ0n) is 22.7. The van der Waals surface area contributed by atoms with Crippen LogP contribution in [0.2, 0.25) is 0 Å². The highest BCUT2D eigenvalue weighted by molar-refractivity contribution is 5.86. The van der Waals surface area contributed by atoms with Gasteiger partial charge in [-0.2, -0.15) is 0 Å². The molecule has 1 unspecified atom stereocenters. The Morgan fingerprint density at radius 1 is 0.771 bits per heavy atom. The minimum absolute atomic E-state index is 0.0326. The fourth-order valence-corrected chi connectivity index (χ4v) is 5.13. The standard InChI is InChI=1S/C32H40N2O/c1-20-28(24-12-10-11-13-27(24)33-20)29(21-14-16-23(17-15-21)34(8)9)22-18-25(31(2,3)4)30(35)26(19-22)32(5,6)7/h10-19,29,33,35H,1-9H3. The van der Waals surface area contributed by atoms with Crippen LogP contribution in [0.1, 0.15) is 81.0 Å². The summed E-state index contributed by atoms with van der Waals surface area (Å²) in [5, 5.41) is 12.6. The van der Waals surface area contributed by atoms with Gasteiger partial charge in [-0.3, -0.25) is 0 Å². The number of benzene rings is 3. The number of fused-ring (bicyclic) bond motifs is 1. The number of phenols is 1. The van der Waals surface area contributed by atoms with Crippen molar-refractivity contribution in [1.29, 1.82) is 0 Å². The predicted octanol–water partition coefficient (Wildman–Crippen LogP) is 8.02. The number of phenolic OH excluding ortho intramolecular Hbond substituents is 1. The number of rotatable bonds is 4.